The zero-order valence-electron chi connectivity index (χ0n) is 57.0. The van der Waals surface area contributed by atoms with Gasteiger partial charge in [0.05, 0.1) is 55.0 Å². The molecule has 4 amide bonds. The lowest BCUT2D eigenvalue weighted by atomic mass is 9.47. The van der Waals surface area contributed by atoms with Gasteiger partial charge in [-0.1, -0.05) is 77.9 Å². The molecule has 2 bridgehead atoms. The minimum atomic E-state index is -2.59. The summed E-state index contributed by atoms with van der Waals surface area (Å²) in [5.41, 5.74) is 3.28. The van der Waals surface area contributed by atoms with Gasteiger partial charge in [-0.2, -0.15) is 0 Å². The molecule has 2 aromatic carbocycles. The number of amides is 4. The summed E-state index contributed by atoms with van der Waals surface area (Å²) < 4.78 is 29.9. The van der Waals surface area contributed by atoms with Gasteiger partial charge in [-0.3, -0.25) is 39.2 Å². The Morgan fingerprint density at radius 1 is 0.940 bits per heavy atom. The molecule has 8 heterocycles. The van der Waals surface area contributed by atoms with Crippen LogP contribution >= 0.6 is 21.6 Å². The monoisotopic (exact) mass is 1430 g/mol. The van der Waals surface area contributed by atoms with E-state index in [4.69, 9.17) is 23.7 Å². The second-order valence-corrected chi connectivity index (χ2v) is 30.4. The number of likely N-dealkylation sites (N-methyl/N-ethyl adjacent to an activating group) is 1. The topological polar surface area (TPSA) is 412 Å². The fourth-order valence-corrected chi connectivity index (χ4v) is 19.1. The minimum absolute atomic E-state index is 0.00139. The molecular weight excluding hydrogens is 1340 g/mol. The predicted octanol–water partition coefficient (Wildman–Crippen LogP) is 0.735. The number of anilines is 1. The third-order valence-electron chi connectivity index (χ3n) is 21.9. The molecule has 11 rings (SSSR count). The van der Waals surface area contributed by atoms with Crippen molar-refractivity contribution in [1.29, 1.82) is 0 Å². The third kappa shape index (κ3) is 13.8. The molecule has 4 aromatic rings. The quantitative estimate of drug-likeness (QED) is 0.0123. The normalized spacial score (nSPS) is 31.7. The van der Waals surface area contributed by atoms with E-state index >= 15 is 4.79 Å². The number of rotatable bonds is 28. The van der Waals surface area contributed by atoms with Crippen LogP contribution in [-0.4, -0.2) is 258 Å². The van der Waals surface area contributed by atoms with Crippen molar-refractivity contribution in [3.8, 4) is 5.75 Å². The number of fused-ring (bicyclic) bond motifs is 6. The number of methoxy groups -OCH3 is 1. The molecule has 6 aliphatic heterocycles. The lowest BCUT2D eigenvalue weighted by Crippen LogP contribution is -2.82. The number of aromatic amines is 1. The number of hydrazine groups is 1. The van der Waals surface area contributed by atoms with E-state index in [9.17, 15) is 64.5 Å². The van der Waals surface area contributed by atoms with Crippen LogP contribution in [0.1, 0.15) is 101 Å². The van der Waals surface area contributed by atoms with E-state index < -0.39 is 118 Å². The summed E-state index contributed by atoms with van der Waals surface area (Å²) in [6, 6.07) is 9.76. The number of aromatic nitrogens is 4. The Balaban J connectivity index is 0.748. The zero-order chi connectivity index (χ0) is 71.6. The fourth-order valence-electron chi connectivity index (χ4n) is 17.3. The van der Waals surface area contributed by atoms with Crippen LogP contribution in [0, 0.1) is 17.3 Å². The lowest BCUT2D eigenvalue weighted by molar-refractivity contribution is -0.294. The van der Waals surface area contributed by atoms with E-state index in [-0.39, 0.29) is 69.8 Å². The molecule has 32 heteroatoms. The molecule has 12 N–H and O–H groups in total. The summed E-state index contributed by atoms with van der Waals surface area (Å²) >= 11 is 0. The number of carbonyl (C=O) groups excluding carboxylic acids is 6. The Morgan fingerprint density at radius 3 is 2.46 bits per heavy atom. The number of ketones is 1. The number of H-pyrrole nitrogens is 1. The molecule has 3 unspecified atom stereocenters. The second kappa shape index (κ2) is 30.5. The van der Waals surface area contributed by atoms with Crippen LogP contribution in [0.15, 0.2) is 54.7 Å². The first-order valence-corrected chi connectivity index (χ1v) is 36.7. The van der Waals surface area contributed by atoms with Crippen LogP contribution in [0.5, 0.6) is 5.75 Å². The van der Waals surface area contributed by atoms with Gasteiger partial charge in [0.1, 0.15) is 43.4 Å². The molecular formula is C68H93N11O19S2. The number of carbonyl (C=O) groups is 7. The molecule has 0 radical (unpaired) electrons. The van der Waals surface area contributed by atoms with Crippen molar-refractivity contribution in [3.63, 3.8) is 0 Å². The van der Waals surface area contributed by atoms with Crippen LogP contribution in [0.3, 0.4) is 0 Å². The van der Waals surface area contributed by atoms with Gasteiger partial charge in [0.25, 0.3) is 12.4 Å². The number of carboxylic acid groups (broad SMARTS) is 1. The number of hydrogen-bond acceptors (Lipinski definition) is 25. The largest absolute Gasteiger partial charge is 0.496 e. The van der Waals surface area contributed by atoms with Crippen molar-refractivity contribution >= 4 is 80.2 Å². The fraction of sp³-hybridized carbons (Fsp3) is 0.632. The van der Waals surface area contributed by atoms with Gasteiger partial charge in [0, 0.05) is 128 Å². The summed E-state index contributed by atoms with van der Waals surface area (Å²) in [7, 11) is 6.08. The van der Waals surface area contributed by atoms with E-state index in [1.807, 2.05) is 55.2 Å². The summed E-state index contributed by atoms with van der Waals surface area (Å²) in [5, 5.41) is 93.3. The van der Waals surface area contributed by atoms with Gasteiger partial charge in [0.15, 0.2) is 23.8 Å². The molecule has 1 spiro atoms. The van der Waals surface area contributed by atoms with Crippen LogP contribution in [0.2, 0.25) is 0 Å². The number of para-hydroxylation sites is 1. The van der Waals surface area contributed by atoms with Crippen molar-refractivity contribution in [1.82, 2.24) is 51.3 Å². The summed E-state index contributed by atoms with van der Waals surface area (Å²) in [5.74, 6) is -3.71. The van der Waals surface area contributed by atoms with Crippen molar-refractivity contribution < 1.29 is 93.0 Å². The molecule has 546 valence electrons. The first kappa shape index (κ1) is 74.2. The maximum atomic E-state index is 15.2. The summed E-state index contributed by atoms with van der Waals surface area (Å²) in [4.78, 5) is 102. The number of piperidine rings is 1. The number of Topliss-reactive ketones (excluding diaryl/α,β-unsaturated/α-hetero) is 1. The molecule has 2 aromatic heterocycles. The Morgan fingerprint density at radius 2 is 1.72 bits per heavy atom. The number of hydrogen-bond donors (Lipinski definition) is 12. The average Bonchev–Trinajstić information content (AvgIpc) is 1.46. The first-order valence-electron chi connectivity index (χ1n) is 34.3. The smallest absolute Gasteiger partial charge is 0.426 e. The number of aliphatic carboxylic acids is 1. The van der Waals surface area contributed by atoms with Crippen molar-refractivity contribution in [2.75, 3.05) is 89.7 Å². The Hall–Kier alpha value is -6.95. The van der Waals surface area contributed by atoms with E-state index in [0.29, 0.717) is 101 Å². The van der Waals surface area contributed by atoms with Crippen molar-refractivity contribution in [3.05, 3.63) is 82.8 Å². The number of nitrogens with one attached hydrogen (secondary N) is 5. The highest BCUT2D eigenvalue weighted by atomic mass is 33.1. The van der Waals surface area contributed by atoms with Gasteiger partial charge >= 0.3 is 12.1 Å². The third-order valence-corrected chi connectivity index (χ3v) is 24.3. The van der Waals surface area contributed by atoms with E-state index in [1.165, 1.54) is 39.4 Å². The number of aliphatic hydroxyl groups is 6. The van der Waals surface area contributed by atoms with Crippen LogP contribution in [0.25, 0.3) is 10.9 Å². The number of benzene rings is 2. The first-order chi connectivity index (χ1) is 47.9. The number of carboxylic acids is 1. The molecule has 30 nitrogen and oxygen atoms in total. The Kier molecular flexibility index (Phi) is 22.7. The SMILES string of the molecule is CCC(=O)N[C@@H](C)C(=O)C[C@@H](Cc1cn(CCO[C@@H]2OC(C(=O)O)[C@@H](O)[C@H](O)C2O)nn1)C(=O)NCCSSCCOC(=O)NNC(=O)[C@@]1(O)[C@H](O)[C@]2(CC)C=CCN3CC[C@@]4(c5cc([C@@]6(COC=O)C[C@@H]7CN(CCc8c6[nH]c6ccccc86)C[C@](O)(CC)C7)c(OC)cc5N(C)[C@@H]14)[C@@H]32. The summed E-state index contributed by atoms with van der Waals surface area (Å²) in [6.45, 7) is 10.4. The van der Waals surface area contributed by atoms with Gasteiger partial charge in [-0.15, -0.1) is 5.10 Å². The Bertz CT molecular complexity index is 3710. The number of nitrogens with zero attached hydrogens (tertiary/aromatic N) is 6. The van der Waals surface area contributed by atoms with Crippen molar-refractivity contribution in [2.45, 2.75) is 169 Å². The van der Waals surface area contributed by atoms with E-state index in [1.54, 1.807) is 21.1 Å². The molecule has 4 fully saturated rings. The lowest BCUT2D eigenvalue weighted by Gasteiger charge is -2.63. The van der Waals surface area contributed by atoms with E-state index in [0.717, 1.165) is 33.3 Å². The number of aliphatic hydroxyl groups excluding tert-OH is 4. The molecule has 1 aliphatic carbocycles. The maximum Gasteiger partial charge on any atom is 0.426 e. The second-order valence-electron chi connectivity index (χ2n) is 27.7. The molecule has 17 atom stereocenters. The number of ether oxygens (including phenoxy) is 5. The molecule has 3 saturated heterocycles. The average molecular weight is 1430 g/mol. The molecule has 7 aliphatic rings. The summed E-state index contributed by atoms with van der Waals surface area (Å²) in [6.07, 6.45) is -3.43. The van der Waals surface area contributed by atoms with Crippen LogP contribution < -0.4 is 31.1 Å². The highest BCUT2D eigenvalue weighted by Crippen LogP contribution is 2.68. The van der Waals surface area contributed by atoms with E-state index in [2.05, 4.69) is 58.7 Å². The zero-order valence-corrected chi connectivity index (χ0v) is 58.6. The highest BCUT2D eigenvalue weighted by molar-refractivity contribution is 8.76. The predicted molar refractivity (Wildman–Crippen MR) is 364 cm³/mol. The van der Waals surface area contributed by atoms with Crippen LogP contribution in [0.4, 0.5) is 10.5 Å². The van der Waals surface area contributed by atoms with Crippen molar-refractivity contribution in [2.24, 2.45) is 17.3 Å². The molecule has 1 saturated carbocycles. The minimum Gasteiger partial charge on any atom is -0.496 e. The highest BCUT2D eigenvalue weighted by Gasteiger charge is 2.79. The van der Waals surface area contributed by atoms with Gasteiger partial charge in [-0.25, -0.2) is 19.7 Å². The van der Waals surface area contributed by atoms with Gasteiger partial charge in [0.2, 0.25) is 11.8 Å². The van der Waals surface area contributed by atoms with Crippen LogP contribution in [-0.2, 0) is 77.9 Å². The molecule has 100 heavy (non-hydrogen) atoms. The van der Waals surface area contributed by atoms with Gasteiger partial charge in [-0.05, 0) is 81.2 Å². The maximum absolute atomic E-state index is 15.2. The van der Waals surface area contributed by atoms with Gasteiger partial charge < -0.3 is 79.9 Å². The standard InChI is InChI=1S/C68H93N11O19S2/c1-7-50(82)70-38(4)48(81)28-40(27-41-34-79(75-72-41)22-23-96-58-53(85)51(83)52(84)54(98-58)57(87)88)56(86)69-18-25-99-100-26-24-97-63(91)74-73-62(90)68(93)60-67(17-21-78-19-12-16-65(9-3,59(67)78)61(68)89)44-29-45(49(94-6)30-47(44)76(60)5)66(36-95-37-80)32-39-31-64(92,8-2)35-77(33-39)20-15-43-42-13-10-11-14-46(42)71-55(43)66/h10-14,16,29-30,34,37-40,51-54,58-61,71,83-85,89,92-93H,7-9,15,17-28,31-33,35-36H2,1-6H3,(H,69,86)(H,70,82)(H,73,90)(H,74,91)(H,87,88)/t38-,39+,40+,51-,52-,53?,54?,58+,59-,60+,61+,64-,65+,66-,67+,68-/m0/s1. The Labute approximate surface area is 586 Å².